The number of β-amino-alcohol motifs (C(OH)–C–C–N with tert-alkyl or cyclic N) is 1. The van der Waals surface area contributed by atoms with Gasteiger partial charge >= 0.3 is 0 Å². The monoisotopic (exact) mass is 143 g/mol. The van der Waals surface area contributed by atoms with E-state index in [2.05, 4.69) is 0 Å². The van der Waals surface area contributed by atoms with Crippen LogP contribution in [0.3, 0.4) is 0 Å². The zero-order valence-electron chi connectivity index (χ0n) is 6.21. The molecule has 0 aliphatic carbocycles. The molecule has 0 radical (unpaired) electrons. The summed E-state index contributed by atoms with van der Waals surface area (Å²) in [5.74, 6) is 0.175. The van der Waals surface area contributed by atoms with E-state index in [1.807, 2.05) is 4.90 Å². The van der Waals surface area contributed by atoms with Gasteiger partial charge in [0.1, 0.15) is 5.78 Å². The van der Waals surface area contributed by atoms with Gasteiger partial charge in [-0.25, -0.2) is 0 Å². The van der Waals surface area contributed by atoms with Crippen LogP contribution < -0.4 is 0 Å². The van der Waals surface area contributed by atoms with Gasteiger partial charge in [-0.15, -0.1) is 0 Å². The number of hydrogen-bond donors (Lipinski definition) is 1. The fraction of sp³-hybridized carbons (Fsp3) is 0.857. The molecule has 1 aliphatic rings. The minimum atomic E-state index is -0.209. The van der Waals surface area contributed by atoms with Crippen LogP contribution in [0.25, 0.3) is 0 Å². The summed E-state index contributed by atoms with van der Waals surface area (Å²) in [5.41, 5.74) is 0. The van der Waals surface area contributed by atoms with Crippen LogP contribution >= 0.6 is 0 Å². The van der Waals surface area contributed by atoms with Gasteiger partial charge < -0.3 is 5.11 Å². The molecule has 0 aromatic carbocycles. The molecule has 3 heteroatoms. The third-order valence-electron chi connectivity index (χ3n) is 1.69. The summed E-state index contributed by atoms with van der Waals surface area (Å²) in [6, 6.07) is 0. The molecule has 0 bridgehead atoms. The Hall–Kier alpha value is -0.410. The Morgan fingerprint density at radius 1 is 1.80 bits per heavy atom. The van der Waals surface area contributed by atoms with Crippen LogP contribution in [0.2, 0.25) is 0 Å². The van der Waals surface area contributed by atoms with Gasteiger partial charge in [-0.2, -0.15) is 0 Å². The Kier molecular flexibility index (Phi) is 2.40. The highest BCUT2D eigenvalue weighted by Gasteiger charge is 2.20. The Balaban J connectivity index is 2.24. The first-order valence-corrected chi connectivity index (χ1v) is 3.58. The number of carbonyl (C=O) groups is 1. The van der Waals surface area contributed by atoms with Crippen molar-refractivity contribution in [1.82, 2.24) is 4.90 Å². The van der Waals surface area contributed by atoms with Crippen molar-refractivity contribution in [2.75, 3.05) is 19.6 Å². The number of carbonyl (C=O) groups excluding carboxylic acids is 1. The minimum absolute atomic E-state index is 0.175. The van der Waals surface area contributed by atoms with Crippen LogP contribution in [0.5, 0.6) is 0 Å². The van der Waals surface area contributed by atoms with E-state index in [0.29, 0.717) is 13.1 Å². The Bertz CT molecular complexity index is 136. The first kappa shape index (κ1) is 7.69. The Morgan fingerprint density at radius 2 is 2.50 bits per heavy atom. The summed E-state index contributed by atoms with van der Waals surface area (Å²) in [6.45, 7) is 3.60. The third-order valence-corrected chi connectivity index (χ3v) is 1.69. The summed E-state index contributed by atoms with van der Waals surface area (Å²) in [5, 5.41) is 9.06. The van der Waals surface area contributed by atoms with Crippen LogP contribution in [-0.4, -0.2) is 41.5 Å². The van der Waals surface area contributed by atoms with Gasteiger partial charge in [-0.3, -0.25) is 9.69 Å². The molecule has 1 fully saturated rings. The number of hydrogen-bond acceptors (Lipinski definition) is 3. The highest BCUT2D eigenvalue weighted by Crippen LogP contribution is 2.07. The summed E-state index contributed by atoms with van der Waals surface area (Å²) < 4.78 is 0. The van der Waals surface area contributed by atoms with E-state index in [1.165, 1.54) is 0 Å². The van der Waals surface area contributed by atoms with Crippen molar-refractivity contribution in [3.63, 3.8) is 0 Å². The standard InChI is InChI=1S/C7H13NO2/c1-6(9)4-8-3-2-7(10)5-8/h7,10H,2-5H2,1H3/t7-/m0/s1. The lowest BCUT2D eigenvalue weighted by Gasteiger charge is -2.11. The molecule has 10 heavy (non-hydrogen) atoms. The van der Waals surface area contributed by atoms with E-state index in [0.717, 1.165) is 13.0 Å². The smallest absolute Gasteiger partial charge is 0.143 e. The molecule has 0 saturated carbocycles. The fourth-order valence-electron chi connectivity index (χ4n) is 1.27. The summed E-state index contributed by atoms with van der Waals surface area (Å²) >= 11 is 0. The van der Waals surface area contributed by atoms with Crippen molar-refractivity contribution >= 4 is 5.78 Å². The fourth-order valence-corrected chi connectivity index (χ4v) is 1.27. The minimum Gasteiger partial charge on any atom is -0.392 e. The third kappa shape index (κ3) is 2.08. The quantitative estimate of drug-likeness (QED) is 0.574. The zero-order valence-corrected chi connectivity index (χ0v) is 6.21. The van der Waals surface area contributed by atoms with Crippen LogP contribution in [0.4, 0.5) is 0 Å². The maximum absolute atomic E-state index is 10.6. The number of likely N-dealkylation sites (tertiary alicyclic amines) is 1. The lowest BCUT2D eigenvalue weighted by molar-refractivity contribution is -0.117. The summed E-state index contributed by atoms with van der Waals surface area (Å²) in [4.78, 5) is 12.6. The van der Waals surface area contributed by atoms with Crippen molar-refractivity contribution < 1.29 is 9.90 Å². The predicted octanol–water partition coefficient (Wildman–Crippen LogP) is -0.358. The number of rotatable bonds is 2. The first-order chi connectivity index (χ1) is 4.68. The molecule has 1 N–H and O–H groups in total. The molecule has 1 aliphatic heterocycles. The second-order valence-electron chi connectivity index (χ2n) is 2.88. The molecular formula is C7H13NO2. The molecule has 3 nitrogen and oxygen atoms in total. The average molecular weight is 143 g/mol. The van der Waals surface area contributed by atoms with Crippen molar-refractivity contribution in [3.8, 4) is 0 Å². The van der Waals surface area contributed by atoms with Crippen LogP contribution in [-0.2, 0) is 4.79 Å². The van der Waals surface area contributed by atoms with Crippen molar-refractivity contribution in [1.29, 1.82) is 0 Å². The summed E-state index contributed by atoms with van der Waals surface area (Å²) in [6.07, 6.45) is 0.604. The molecular weight excluding hydrogens is 130 g/mol. The van der Waals surface area contributed by atoms with Gasteiger partial charge in [0.2, 0.25) is 0 Å². The highest BCUT2D eigenvalue weighted by atomic mass is 16.3. The number of aliphatic hydroxyl groups excluding tert-OH is 1. The largest absolute Gasteiger partial charge is 0.392 e. The lowest BCUT2D eigenvalue weighted by atomic mass is 10.3. The molecule has 0 aromatic rings. The van der Waals surface area contributed by atoms with Crippen molar-refractivity contribution in [2.45, 2.75) is 19.4 Å². The molecule has 1 rings (SSSR count). The van der Waals surface area contributed by atoms with Crippen molar-refractivity contribution in [3.05, 3.63) is 0 Å². The number of aliphatic hydroxyl groups is 1. The molecule has 1 heterocycles. The molecule has 58 valence electrons. The van der Waals surface area contributed by atoms with Gasteiger partial charge in [-0.05, 0) is 13.3 Å². The highest BCUT2D eigenvalue weighted by molar-refractivity contribution is 5.77. The maximum atomic E-state index is 10.6. The van der Waals surface area contributed by atoms with Gasteiger partial charge in [0, 0.05) is 13.1 Å². The SMILES string of the molecule is CC(=O)CN1CC[C@H](O)C1. The Morgan fingerprint density at radius 3 is 2.90 bits per heavy atom. The van der Waals surface area contributed by atoms with E-state index in [1.54, 1.807) is 6.92 Å². The van der Waals surface area contributed by atoms with Gasteiger partial charge in [-0.1, -0.05) is 0 Å². The van der Waals surface area contributed by atoms with Gasteiger partial charge in [0.05, 0.1) is 12.6 Å². The van der Waals surface area contributed by atoms with Crippen molar-refractivity contribution in [2.24, 2.45) is 0 Å². The Labute approximate surface area is 60.6 Å². The maximum Gasteiger partial charge on any atom is 0.143 e. The molecule has 0 unspecified atom stereocenters. The normalized spacial score (nSPS) is 27.2. The predicted molar refractivity (Wildman–Crippen MR) is 37.7 cm³/mol. The van der Waals surface area contributed by atoms with E-state index in [4.69, 9.17) is 5.11 Å². The lowest BCUT2D eigenvalue weighted by Crippen LogP contribution is -2.27. The average Bonchev–Trinajstić information content (AvgIpc) is 2.13. The number of Topliss-reactive ketones (excluding diaryl/α,β-unsaturated/α-hetero) is 1. The summed E-state index contributed by atoms with van der Waals surface area (Å²) in [7, 11) is 0. The number of nitrogens with zero attached hydrogens (tertiary/aromatic N) is 1. The molecule has 0 spiro atoms. The van der Waals surface area contributed by atoms with Gasteiger partial charge in [0.15, 0.2) is 0 Å². The number of ketones is 1. The molecule has 1 atom stereocenters. The van der Waals surface area contributed by atoms with Crippen LogP contribution in [0.1, 0.15) is 13.3 Å². The van der Waals surface area contributed by atoms with E-state index >= 15 is 0 Å². The molecule has 1 saturated heterocycles. The second kappa shape index (κ2) is 3.12. The zero-order chi connectivity index (χ0) is 7.56. The van der Waals surface area contributed by atoms with Gasteiger partial charge in [0.25, 0.3) is 0 Å². The molecule has 0 aromatic heterocycles. The van der Waals surface area contributed by atoms with E-state index < -0.39 is 0 Å². The van der Waals surface area contributed by atoms with Crippen LogP contribution in [0.15, 0.2) is 0 Å². The molecule has 0 amide bonds. The van der Waals surface area contributed by atoms with Crippen LogP contribution in [0, 0.1) is 0 Å². The first-order valence-electron chi connectivity index (χ1n) is 3.58. The van der Waals surface area contributed by atoms with E-state index in [-0.39, 0.29) is 11.9 Å². The van der Waals surface area contributed by atoms with E-state index in [9.17, 15) is 4.79 Å². The second-order valence-corrected chi connectivity index (χ2v) is 2.88. The topological polar surface area (TPSA) is 40.5 Å².